The minimum atomic E-state index is -0.808. The third-order valence-electron chi connectivity index (χ3n) is 5.01. The van der Waals surface area contributed by atoms with Crippen molar-refractivity contribution in [2.75, 3.05) is 11.9 Å². The van der Waals surface area contributed by atoms with Gasteiger partial charge in [-0.15, -0.1) is 0 Å². The van der Waals surface area contributed by atoms with Crippen LogP contribution in [-0.2, 0) is 11.2 Å². The average molecular weight is 467 g/mol. The molecule has 33 heavy (non-hydrogen) atoms. The minimum Gasteiger partial charge on any atom is -0.379 e. The van der Waals surface area contributed by atoms with E-state index in [1.807, 2.05) is 12.1 Å². The van der Waals surface area contributed by atoms with Crippen molar-refractivity contribution in [3.63, 3.8) is 0 Å². The number of nitrogens with two attached hydrogens (primary N) is 1. The van der Waals surface area contributed by atoms with Gasteiger partial charge in [-0.1, -0.05) is 48.0 Å². The van der Waals surface area contributed by atoms with Crippen molar-refractivity contribution >= 4 is 34.8 Å². The maximum atomic E-state index is 12.6. The molecule has 0 saturated carbocycles. The zero-order valence-corrected chi connectivity index (χ0v) is 18.4. The highest BCUT2D eigenvalue weighted by atomic mass is 35.5. The molecule has 0 aliphatic rings. The Labute approximate surface area is 195 Å². The van der Waals surface area contributed by atoms with Gasteiger partial charge in [0, 0.05) is 23.2 Å². The molecular weight excluding hydrogens is 444 g/mol. The van der Waals surface area contributed by atoms with Crippen molar-refractivity contribution < 1.29 is 14.5 Å². The van der Waals surface area contributed by atoms with E-state index < -0.39 is 22.8 Å². The quantitative estimate of drug-likeness (QED) is 0.304. The molecule has 0 bridgehead atoms. The van der Waals surface area contributed by atoms with E-state index in [1.54, 1.807) is 54.6 Å². The number of rotatable bonds is 10. The molecule has 4 N–H and O–H groups in total. The summed E-state index contributed by atoms with van der Waals surface area (Å²) in [6.45, 7) is 0.470. The van der Waals surface area contributed by atoms with Gasteiger partial charge in [0.05, 0.1) is 17.4 Å². The fraction of sp³-hybridized carbons (Fsp3) is 0.167. The summed E-state index contributed by atoms with van der Waals surface area (Å²) in [4.78, 5) is 35.4. The van der Waals surface area contributed by atoms with Gasteiger partial charge in [-0.3, -0.25) is 19.7 Å². The van der Waals surface area contributed by atoms with E-state index in [9.17, 15) is 19.7 Å². The summed E-state index contributed by atoms with van der Waals surface area (Å²) >= 11 is 5.89. The highest BCUT2D eigenvalue weighted by Crippen LogP contribution is 2.29. The lowest BCUT2D eigenvalue weighted by atomic mass is 10.0. The SMILES string of the molecule is NC(=O)CC(NC(=O)c1ccccc1)c1ccc(NCCc2ccc(Cl)cc2)c([N+](=O)[O-])c1. The Morgan fingerprint density at radius 2 is 1.73 bits per heavy atom. The van der Waals surface area contributed by atoms with Crippen LogP contribution in [0.1, 0.15) is 33.9 Å². The van der Waals surface area contributed by atoms with Crippen molar-refractivity contribution in [2.24, 2.45) is 5.73 Å². The summed E-state index contributed by atoms with van der Waals surface area (Å²) in [7, 11) is 0. The van der Waals surface area contributed by atoms with E-state index in [2.05, 4.69) is 10.6 Å². The Bertz CT molecular complexity index is 1140. The number of carbonyl (C=O) groups excluding carboxylic acids is 2. The van der Waals surface area contributed by atoms with Crippen molar-refractivity contribution in [1.29, 1.82) is 0 Å². The fourth-order valence-electron chi connectivity index (χ4n) is 3.34. The number of nitrogens with one attached hydrogen (secondary N) is 2. The first-order valence-corrected chi connectivity index (χ1v) is 10.6. The number of primary amides is 1. The largest absolute Gasteiger partial charge is 0.379 e. The van der Waals surface area contributed by atoms with Crippen LogP contribution < -0.4 is 16.4 Å². The average Bonchev–Trinajstić information content (AvgIpc) is 2.80. The monoisotopic (exact) mass is 466 g/mol. The van der Waals surface area contributed by atoms with E-state index in [0.717, 1.165) is 5.56 Å². The Morgan fingerprint density at radius 3 is 2.36 bits per heavy atom. The zero-order valence-electron chi connectivity index (χ0n) is 17.7. The first-order valence-electron chi connectivity index (χ1n) is 10.2. The Hall–Kier alpha value is -3.91. The van der Waals surface area contributed by atoms with E-state index in [0.29, 0.717) is 34.8 Å². The fourth-order valence-corrected chi connectivity index (χ4v) is 3.47. The van der Waals surface area contributed by atoms with Crippen molar-refractivity contribution in [3.05, 3.63) is 105 Å². The van der Waals surface area contributed by atoms with Crippen LogP contribution in [-0.4, -0.2) is 23.3 Å². The lowest BCUT2D eigenvalue weighted by Gasteiger charge is -2.19. The van der Waals surface area contributed by atoms with Crippen LogP contribution in [0.4, 0.5) is 11.4 Å². The van der Waals surface area contributed by atoms with Crippen LogP contribution in [0.2, 0.25) is 5.02 Å². The number of benzene rings is 3. The maximum Gasteiger partial charge on any atom is 0.292 e. The number of hydrogen-bond acceptors (Lipinski definition) is 5. The summed E-state index contributed by atoms with van der Waals surface area (Å²) < 4.78 is 0. The molecule has 0 heterocycles. The van der Waals surface area contributed by atoms with E-state index in [1.165, 1.54) is 6.07 Å². The van der Waals surface area contributed by atoms with Gasteiger partial charge in [0.25, 0.3) is 11.6 Å². The molecule has 170 valence electrons. The van der Waals surface area contributed by atoms with Gasteiger partial charge >= 0.3 is 0 Å². The third kappa shape index (κ3) is 6.78. The van der Waals surface area contributed by atoms with Gasteiger partial charge in [0.15, 0.2) is 0 Å². The van der Waals surface area contributed by atoms with Crippen LogP contribution in [0.25, 0.3) is 0 Å². The minimum absolute atomic E-state index is 0.160. The molecule has 0 aromatic heterocycles. The van der Waals surface area contributed by atoms with E-state index >= 15 is 0 Å². The highest BCUT2D eigenvalue weighted by Gasteiger charge is 2.22. The normalized spacial score (nSPS) is 11.4. The van der Waals surface area contributed by atoms with Gasteiger partial charge in [-0.25, -0.2) is 0 Å². The van der Waals surface area contributed by atoms with Gasteiger partial charge < -0.3 is 16.4 Å². The van der Waals surface area contributed by atoms with Gasteiger partial charge in [0.1, 0.15) is 5.69 Å². The topological polar surface area (TPSA) is 127 Å². The van der Waals surface area contributed by atoms with Crippen LogP contribution in [0.3, 0.4) is 0 Å². The number of nitro groups is 1. The molecule has 8 nitrogen and oxygen atoms in total. The second-order valence-electron chi connectivity index (χ2n) is 7.40. The molecule has 3 rings (SSSR count). The Kier molecular flexibility index (Phi) is 7.99. The molecule has 1 unspecified atom stereocenters. The number of hydrogen-bond donors (Lipinski definition) is 3. The van der Waals surface area contributed by atoms with Crippen LogP contribution in [0.15, 0.2) is 72.8 Å². The van der Waals surface area contributed by atoms with Crippen molar-refractivity contribution in [3.8, 4) is 0 Å². The first kappa shape index (κ1) is 23.7. The summed E-state index contributed by atoms with van der Waals surface area (Å²) in [6.07, 6.45) is 0.451. The summed E-state index contributed by atoms with van der Waals surface area (Å²) in [5.74, 6) is -1.05. The summed E-state index contributed by atoms with van der Waals surface area (Å²) in [5.41, 5.74) is 7.39. The van der Waals surface area contributed by atoms with Crippen molar-refractivity contribution in [2.45, 2.75) is 18.9 Å². The molecular formula is C24H23ClN4O4. The number of nitrogens with zero attached hydrogens (tertiary/aromatic N) is 1. The predicted octanol–water partition coefficient (Wildman–Crippen LogP) is 4.25. The molecule has 3 aromatic rings. The summed E-state index contributed by atoms with van der Waals surface area (Å²) in [5, 5.41) is 18.2. The number of carbonyl (C=O) groups is 2. The smallest absolute Gasteiger partial charge is 0.292 e. The molecule has 0 aliphatic carbocycles. The first-order chi connectivity index (χ1) is 15.8. The van der Waals surface area contributed by atoms with Crippen LogP contribution >= 0.6 is 11.6 Å². The second-order valence-corrected chi connectivity index (χ2v) is 7.84. The van der Waals surface area contributed by atoms with E-state index in [-0.39, 0.29) is 12.1 Å². The predicted molar refractivity (Wildman–Crippen MR) is 127 cm³/mol. The zero-order chi connectivity index (χ0) is 23.8. The molecule has 0 aliphatic heterocycles. The van der Waals surface area contributed by atoms with Crippen LogP contribution in [0, 0.1) is 10.1 Å². The standard InChI is InChI=1S/C24H23ClN4O4/c25-19-9-6-16(7-10-19)12-13-27-20-11-8-18(14-22(20)29(32)33)21(15-23(26)30)28-24(31)17-4-2-1-3-5-17/h1-11,14,21,27H,12-13,15H2,(H2,26,30)(H,28,31). The third-order valence-corrected chi connectivity index (χ3v) is 5.26. The lowest BCUT2D eigenvalue weighted by molar-refractivity contribution is -0.384. The van der Waals surface area contributed by atoms with Gasteiger partial charge in [0.2, 0.25) is 5.91 Å². The molecule has 0 spiro atoms. The number of anilines is 1. The number of amides is 2. The van der Waals surface area contributed by atoms with Gasteiger partial charge in [-0.05, 0) is 47.9 Å². The van der Waals surface area contributed by atoms with Gasteiger partial charge in [-0.2, -0.15) is 0 Å². The van der Waals surface area contributed by atoms with E-state index in [4.69, 9.17) is 17.3 Å². The molecule has 0 saturated heterocycles. The maximum absolute atomic E-state index is 12.6. The Balaban J connectivity index is 1.77. The highest BCUT2D eigenvalue weighted by molar-refractivity contribution is 6.30. The molecule has 0 fully saturated rings. The molecule has 3 aromatic carbocycles. The summed E-state index contributed by atoms with van der Waals surface area (Å²) in [6, 6.07) is 19.6. The van der Waals surface area contributed by atoms with Crippen LogP contribution in [0.5, 0.6) is 0 Å². The number of nitro benzene ring substituents is 1. The Morgan fingerprint density at radius 1 is 1.03 bits per heavy atom. The number of halogens is 1. The van der Waals surface area contributed by atoms with Crippen molar-refractivity contribution in [1.82, 2.24) is 5.32 Å². The molecule has 9 heteroatoms. The molecule has 2 amide bonds. The second kappa shape index (κ2) is 11.1. The molecule has 0 radical (unpaired) electrons. The molecule has 1 atom stereocenters. The lowest BCUT2D eigenvalue weighted by Crippen LogP contribution is -2.31.